The highest BCUT2D eigenvalue weighted by molar-refractivity contribution is 9.10. The van der Waals surface area contributed by atoms with Crippen LogP contribution in [0.2, 0.25) is 5.02 Å². The molecule has 1 unspecified atom stereocenters. The van der Waals surface area contributed by atoms with Crippen LogP contribution in [0, 0.1) is 18.6 Å². The smallest absolute Gasteiger partial charge is 0.148 e. The maximum atomic E-state index is 14.4. The number of rotatable bonds is 4. The first kappa shape index (κ1) is 16.4. The Labute approximate surface area is 136 Å². The van der Waals surface area contributed by atoms with E-state index in [0.717, 1.165) is 5.56 Å². The summed E-state index contributed by atoms with van der Waals surface area (Å²) in [5.41, 5.74) is 1.77. The summed E-state index contributed by atoms with van der Waals surface area (Å²) in [7, 11) is 0. The van der Waals surface area contributed by atoms with Crippen molar-refractivity contribution >= 4 is 27.5 Å². The summed E-state index contributed by atoms with van der Waals surface area (Å²) in [6, 6.07) is 7.79. The number of halogens is 4. The van der Waals surface area contributed by atoms with Crippen molar-refractivity contribution in [1.82, 2.24) is 5.32 Å². The van der Waals surface area contributed by atoms with Crippen LogP contribution in [0.15, 0.2) is 34.8 Å². The zero-order chi connectivity index (χ0) is 15.6. The highest BCUT2D eigenvalue weighted by Gasteiger charge is 2.20. The first-order valence-corrected chi connectivity index (χ1v) is 7.75. The molecule has 2 aromatic carbocycles. The van der Waals surface area contributed by atoms with Crippen LogP contribution < -0.4 is 5.32 Å². The maximum absolute atomic E-state index is 14.4. The molecule has 5 heteroatoms. The van der Waals surface area contributed by atoms with E-state index in [9.17, 15) is 8.78 Å². The van der Waals surface area contributed by atoms with E-state index in [1.165, 1.54) is 6.07 Å². The molecule has 21 heavy (non-hydrogen) atoms. The molecule has 1 atom stereocenters. The van der Waals surface area contributed by atoms with Crippen molar-refractivity contribution in [2.75, 3.05) is 6.54 Å². The molecule has 0 bridgehead atoms. The van der Waals surface area contributed by atoms with Gasteiger partial charge >= 0.3 is 0 Å². The Morgan fingerprint density at radius 3 is 2.57 bits per heavy atom. The molecule has 1 nitrogen and oxygen atoms in total. The SMILES string of the molecule is CCNC(c1ccc(F)c(C)c1)c1ccc(Br)c(Cl)c1F. The topological polar surface area (TPSA) is 12.0 Å². The van der Waals surface area contributed by atoms with Crippen molar-refractivity contribution in [1.29, 1.82) is 0 Å². The molecule has 0 aliphatic heterocycles. The van der Waals surface area contributed by atoms with Crippen molar-refractivity contribution in [3.63, 3.8) is 0 Å². The number of nitrogens with one attached hydrogen (secondary N) is 1. The second-order valence-corrected chi connectivity index (χ2v) is 6.00. The first-order valence-electron chi connectivity index (χ1n) is 6.58. The van der Waals surface area contributed by atoms with E-state index >= 15 is 0 Å². The summed E-state index contributed by atoms with van der Waals surface area (Å²) >= 11 is 9.17. The molecular formula is C16H15BrClF2N. The third-order valence-corrected chi connectivity index (χ3v) is 4.56. The number of aryl methyl sites for hydroxylation is 1. The first-order chi connectivity index (χ1) is 9.95. The van der Waals surface area contributed by atoms with Gasteiger partial charge in [0.25, 0.3) is 0 Å². The summed E-state index contributed by atoms with van der Waals surface area (Å²) in [4.78, 5) is 0. The van der Waals surface area contributed by atoms with Gasteiger partial charge in [-0.15, -0.1) is 0 Å². The normalized spacial score (nSPS) is 12.5. The van der Waals surface area contributed by atoms with Crippen LogP contribution in [0.3, 0.4) is 0 Å². The van der Waals surface area contributed by atoms with Gasteiger partial charge in [-0.1, -0.05) is 36.7 Å². The number of hydrogen-bond acceptors (Lipinski definition) is 1. The Hall–Kier alpha value is -0.970. The molecule has 0 aliphatic carbocycles. The zero-order valence-electron chi connectivity index (χ0n) is 11.7. The summed E-state index contributed by atoms with van der Waals surface area (Å²) in [6.07, 6.45) is 0. The summed E-state index contributed by atoms with van der Waals surface area (Å²) in [5.74, 6) is -0.748. The maximum Gasteiger partial charge on any atom is 0.148 e. The molecule has 1 N–H and O–H groups in total. The van der Waals surface area contributed by atoms with Gasteiger partial charge in [0.05, 0.1) is 11.1 Å². The van der Waals surface area contributed by atoms with E-state index in [1.54, 1.807) is 31.2 Å². The highest BCUT2D eigenvalue weighted by Crippen LogP contribution is 2.33. The van der Waals surface area contributed by atoms with Gasteiger partial charge in [0.2, 0.25) is 0 Å². The lowest BCUT2D eigenvalue weighted by Crippen LogP contribution is -2.23. The molecule has 2 rings (SSSR count). The molecule has 0 spiro atoms. The monoisotopic (exact) mass is 373 g/mol. The van der Waals surface area contributed by atoms with Crippen LogP contribution in [0.5, 0.6) is 0 Å². The zero-order valence-corrected chi connectivity index (χ0v) is 14.0. The molecule has 2 aromatic rings. The second-order valence-electron chi connectivity index (χ2n) is 4.76. The third kappa shape index (κ3) is 3.44. The van der Waals surface area contributed by atoms with Crippen molar-refractivity contribution in [2.24, 2.45) is 0 Å². The second kappa shape index (κ2) is 6.86. The van der Waals surface area contributed by atoms with Gasteiger partial charge in [-0.2, -0.15) is 0 Å². The quantitative estimate of drug-likeness (QED) is 0.708. The van der Waals surface area contributed by atoms with Crippen LogP contribution in [-0.2, 0) is 0 Å². The van der Waals surface area contributed by atoms with Crippen LogP contribution >= 0.6 is 27.5 Å². The van der Waals surface area contributed by atoms with Crippen LogP contribution in [-0.4, -0.2) is 6.54 Å². The van der Waals surface area contributed by atoms with Gasteiger partial charge in [0, 0.05) is 10.0 Å². The average Bonchev–Trinajstić information content (AvgIpc) is 2.46. The third-order valence-electron chi connectivity index (χ3n) is 3.30. The van der Waals surface area contributed by atoms with Gasteiger partial charge in [-0.25, -0.2) is 8.78 Å². The lowest BCUT2D eigenvalue weighted by atomic mass is 9.96. The summed E-state index contributed by atoms with van der Waals surface area (Å²) in [6.45, 7) is 4.27. The molecule has 0 heterocycles. The standard InChI is InChI=1S/C16H15BrClF2N/c1-3-21-16(10-4-7-13(19)9(2)8-10)11-5-6-12(17)14(18)15(11)20/h4-8,16,21H,3H2,1-2H3. The lowest BCUT2D eigenvalue weighted by molar-refractivity contribution is 0.556. The minimum atomic E-state index is -0.473. The molecule has 0 saturated carbocycles. The Kier molecular flexibility index (Phi) is 5.36. The van der Waals surface area contributed by atoms with Crippen LogP contribution in [0.1, 0.15) is 29.7 Å². The largest absolute Gasteiger partial charge is 0.306 e. The van der Waals surface area contributed by atoms with Gasteiger partial charge < -0.3 is 5.32 Å². The molecular weight excluding hydrogens is 360 g/mol. The summed E-state index contributed by atoms with van der Waals surface area (Å²) < 4.78 is 28.4. The molecule has 0 saturated heterocycles. The minimum absolute atomic E-state index is 0.0502. The van der Waals surface area contributed by atoms with E-state index < -0.39 is 5.82 Å². The Balaban J connectivity index is 2.53. The van der Waals surface area contributed by atoms with Crippen molar-refractivity contribution in [3.8, 4) is 0 Å². The highest BCUT2D eigenvalue weighted by atomic mass is 79.9. The predicted molar refractivity (Wildman–Crippen MR) is 85.8 cm³/mol. The Morgan fingerprint density at radius 2 is 1.95 bits per heavy atom. The Bertz CT molecular complexity index is 661. The fraction of sp³-hybridized carbons (Fsp3) is 0.250. The molecule has 0 amide bonds. The molecule has 0 radical (unpaired) electrons. The number of hydrogen-bond donors (Lipinski definition) is 1. The average molecular weight is 375 g/mol. The van der Waals surface area contributed by atoms with Crippen LogP contribution in [0.25, 0.3) is 0 Å². The van der Waals surface area contributed by atoms with Gasteiger partial charge in [0.15, 0.2) is 0 Å². The van der Waals surface area contributed by atoms with E-state index in [2.05, 4.69) is 21.2 Å². The van der Waals surface area contributed by atoms with E-state index in [0.29, 0.717) is 22.1 Å². The minimum Gasteiger partial charge on any atom is -0.306 e. The Morgan fingerprint density at radius 1 is 1.24 bits per heavy atom. The predicted octanol–water partition coefficient (Wildman–Crippen LogP) is 5.39. The molecule has 0 aliphatic rings. The summed E-state index contributed by atoms with van der Waals surface area (Å²) in [5, 5.41) is 3.26. The van der Waals surface area contributed by atoms with E-state index in [1.807, 2.05) is 6.92 Å². The van der Waals surface area contributed by atoms with E-state index in [4.69, 9.17) is 11.6 Å². The van der Waals surface area contributed by atoms with Gasteiger partial charge in [-0.05, 0) is 52.7 Å². The molecule has 112 valence electrons. The van der Waals surface area contributed by atoms with E-state index in [-0.39, 0.29) is 16.9 Å². The number of benzene rings is 2. The van der Waals surface area contributed by atoms with Crippen LogP contribution in [0.4, 0.5) is 8.78 Å². The fourth-order valence-corrected chi connectivity index (χ4v) is 2.70. The van der Waals surface area contributed by atoms with Gasteiger partial charge in [0.1, 0.15) is 11.6 Å². The lowest BCUT2D eigenvalue weighted by Gasteiger charge is -2.21. The van der Waals surface area contributed by atoms with Gasteiger partial charge in [-0.3, -0.25) is 0 Å². The van der Waals surface area contributed by atoms with Crippen molar-refractivity contribution in [2.45, 2.75) is 19.9 Å². The van der Waals surface area contributed by atoms with Crippen molar-refractivity contribution < 1.29 is 8.78 Å². The molecule has 0 fully saturated rings. The van der Waals surface area contributed by atoms with Crippen molar-refractivity contribution in [3.05, 3.63) is 68.2 Å². The fourth-order valence-electron chi connectivity index (χ4n) is 2.22. The molecule has 0 aromatic heterocycles.